The molecule has 1 aromatic heterocycles. The van der Waals surface area contributed by atoms with E-state index in [-0.39, 0.29) is 0 Å². The van der Waals surface area contributed by atoms with Crippen LogP contribution in [0.5, 0.6) is 0 Å². The van der Waals surface area contributed by atoms with E-state index in [0.717, 1.165) is 62.0 Å². The SMILES string of the molecule is CNCCNCCCN(c1nc2cc(Cl)c(Cl)cc2[nH]1)C1CCC2(c3cccc(CN(C)C)c3)CC2C1. The van der Waals surface area contributed by atoms with Crippen molar-refractivity contribution in [3.05, 3.63) is 57.6 Å². The Hall–Kier alpha value is -1.83. The van der Waals surface area contributed by atoms with Crippen molar-refractivity contribution < 1.29 is 0 Å². The molecule has 3 N–H and O–H groups in total. The van der Waals surface area contributed by atoms with E-state index >= 15 is 0 Å². The lowest BCUT2D eigenvalue weighted by Crippen LogP contribution is -2.41. The first-order valence-corrected chi connectivity index (χ1v) is 14.4. The molecule has 0 radical (unpaired) electrons. The van der Waals surface area contributed by atoms with Crippen molar-refractivity contribution in [3.8, 4) is 0 Å². The summed E-state index contributed by atoms with van der Waals surface area (Å²) >= 11 is 12.6. The molecule has 0 bridgehead atoms. The van der Waals surface area contributed by atoms with Crippen LogP contribution < -0.4 is 15.5 Å². The van der Waals surface area contributed by atoms with Crippen LogP contribution >= 0.6 is 23.2 Å². The van der Waals surface area contributed by atoms with Crippen molar-refractivity contribution >= 4 is 40.2 Å². The number of halogens is 2. The lowest BCUT2D eigenvalue weighted by molar-refractivity contribution is 0.360. The van der Waals surface area contributed by atoms with E-state index in [0.29, 0.717) is 21.5 Å². The minimum Gasteiger partial charge on any atom is -0.339 e. The van der Waals surface area contributed by atoms with E-state index in [2.05, 4.69) is 63.8 Å². The molecule has 6 nitrogen and oxygen atoms in total. The second-order valence-electron chi connectivity index (χ2n) is 11.2. The number of aromatic nitrogens is 2. The molecule has 2 aliphatic rings. The fraction of sp³-hybridized carbons (Fsp3) is 0.552. The lowest BCUT2D eigenvalue weighted by atomic mass is 9.80. The Morgan fingerprint density at radius 1 is 1.11 bits per heavy atom. The third-order valence-corrected chi connectivity index (χ3v) is 8.96. The molecule has 2 saturated carbocycles. The number of nitrogens with zero attached hydrogens (tertiary/aromatic N) is 3. The molecule has 37 heavy (non-hydrogen) atoms. The van der Waals surface area contributed by atoms with Gasteiger partial charge in [-0.3, -0.25) is 0 Å². The standard InChI is InChI=1S/C29H40Cl2N6/c1-32-11-12-33-10-5-13-37(28-34-26-16-24(30)25(31)17-27(26)35-28)23-8-9-29(18-22(29)15-23)21-7-4-6-20(14-21)19-36(2)3/h4,6-7,14,16-17,22-23,32-33H,5,8-13,15,18-19H2,1-3H3,(H,34,35). The van der Waals surface area contributed by atoms with E-state index in [9.17, 15) is 0 Å². The molecule has 0 spiro atoms. The molecule has 0 amide bonds. The smallest absolute Gasteiger partial charge is 0.204 e. The van der Waals surface area contributed by atoms with E-state index in [4.69, 9.17) is 28.2 Å². The average Bonchev–Trinajstić information content (AvgIpc) is 3.49. The number of benzene rings is 2. The van der Waals surface area contributed by atoms with Crippen molar-refractivity contribution in [1.82, 2.24) is 25.5 Å². The van der Waals surface area contributed by atoms with Gasteiger partial charge < -0.3 is 25.4 Å². The highest BCUT2D eigenvalue weighted by Gasteiger charge is 2.58. The van der Waals surface area contributed by atoms with Crippen LogP contribution in [0.25, 0.3) is 11.0 Å². The van der Waals surface area contributed by atoms with Gasteiger partial charge >= 0.3 is 0 Å². The fourth-order valence-electron chi connectivity index (χ4n) is 6.29. The number of H-pyrrole nitrogens is 1. The Kier molecular flexibility index (Phi) is 8.32. The molecule has 3 unspecified atom stereocenters. The van der Waals surface area contributed by atoms with Crippen molar-refractivity contribution in [2.75, 3.05) is 52.2 Å². The zero-order chi connectivity index (χ0) is 26.0. The number of rotatable bonds is 12. The van der Waals surface area contributed by atoms with E-state index in [1.165, 1.54) is 31.2 Å². The van der Waals surface area contributed by atoms with Crippen LogP contribution in [-0.4, -0.2) is 68.2 Å². The number of aromatic amines is 1. The molecule has 1 heterocycles. The Balaban J connectivity index is 1.32. The second kappa shape index (κ2) is 11.5. The molecule has 0 saturated heterocycles. The summed E-state index contributed by atoms with van der Waals surface area (Å²) in [5.41, 5.74) is 5.14. The van der Waals surface area contributed by atoms with Crippen LogP contribution in [0.3, 0.4) is 0 Å². The predicted octanol–water partition coefficient (Wildman–Crippen LogP) is 5.45. The average molecular weight is 544 g/mol. The summed E-state index contributed by atoms with van der Waals surface area (Å²) in [5, 5.41) is 7.84. The van der Waals surface area contributed by atoms with Gasteiger partial charge in [-0.25, -0.2) is 4.98 Å². The number of hydrogen-bond donors (Lipinski definition) is 3. The molecule has 8 heteroatoms. The number of likely N-dealkylation sites (N-methyl/N-ethyl adjacent to an activating group) is 1. The number of nitrogens with one attached hydrogen (secondary N) is 3. The summed E-state index contributed by atoms with van der Waals surface area (Å²) in [6, 6.07) is 13.6. The summed E-state index contributed by atoms with van der Waals surface area (Å²) < 4.78 is 0. The Bertz CT molecular complexity index is 1170. The number of anilines is 1. The number of fused-ring (bicyclic) bond motifs is 2. The van der Waals surface area contributed by atoms with Gasteiger partial charge in [0.05, 0.1) is 21.1 Å². The first-order valence-electron chi connectivity index (χ1n) is 13.6. The van der Waals surface area contributed by atoms with Gasteiger partial charge in [0, 0.05) is 32.2 Å². The highest BCUT2D eigenvalue weighted by molar-refractivity contribution is 6.42. The van der Waals surface area contributed by atoms with Crippen LogP contribution in [0, 0.1) is 5.92 Å². The zero-order valence-electron chi connectivity index (χ0n) is 22.3. The number of imidazole rings is 1. The predicted molar refractivity (Wildman–Crippen MR) is 156 cm³/mol. The van der Waals surface area contributed by atoms with Gasteiger partial charge in [-0.1, -0.05) is 47.5 Å². The Labute approximate surface area is 231 Å². The molecular weight excluding hydrogens is 503 g/mol. The monoisotopic (exact) mass is 542 g/mol. The van der Waals surface area contributed by atoms with Crippen molar-refractivity contribution in [2.45, 2.75) is 50.1 Å². The molecule has 5 rings (SSSR count). The second-order valence-corrected chi connectivity index (χ2v) is 12.0. The van der Waals surface area contributed by atoms with Crippen LogP contribution in [0.15, 0.2) is 36.4 Å². The first-order chi connectivity index (χ1) is 17.9. The van der Waals surface area contributed by atoms with E-state index in [1.807, 2.05) is 19.2 Å². The molecule has 200 valence electrons. The minimum atomic E-state index is 0.369. The van der Waals surface area contributed by atoms with Gasteiger partial charge in [-0.2, -0.15) is 0 Å². The molecule has 2 aliphatic carbocycles. The fourth-order valence-corrected chi connectivity index (χ4v) is 6.62. The summed E-state index contributed by atoms with van der Waals surface area (Å²) in [4.78, 5) is 13.3. The molecule has 3 aromatic rings. The van der Waals surface area contributed by atoms with Crippen molar-refractivity contribution in [1.29, 1.82) is 0 Å². The van der Waals surface area contributed by atoms with Gasteiger partial charge in [0.1, 0.15) is 0 Å². The molecular formula is C29H40Cl2N6. The van der Waals surface area contributed by atoms with Crippen molar-refractivity contribution in [2.24, 2.45) is 5.92 Å². The maximum atomic E-state index is 6.30. The minimum absolute atomic E-state index is 0.369. The number of hydrogen-bond acceptors (Lipinski definition) is 5. The Morgan fingerprint density at radius 2 is 1.95 bits per heavy atom. The normalized spacial score (nSPS) is 23.0. The topological polar surface area (TPSA) is 59.2 Å². The third-order valence-electron chi connectivity index (χ3n) is 8.24. The maximum absolute atomic E-state index is 6.30. The van der Waals surface area contributed by atoms with Crippen LogP contribution in [0.2, 0.25) is 10.0 Å². The van der Waals surface area contributed by atoms with Gasteiger partial charge in [0.25, 0.3) is 0 Å². The highest BCUT2D eigenvalue weighted by Crippen LogP contribution is 2.63. The van der Waals surface area contributed by atoms with Gasteiger partial charge in [-0.05, 0) is 94.4 Å². The van der Waals surface area contributed by atoms with Crippen LogP contribution in [0.4, 0.5) is 5.95 Å². The highest BCUT2D eigenvalue weighted by atomic mass is 35.5. The quantitative estimate of drug-likeness (QED) is 0.266. The summed E-state index contributed by atoms with van der Waals surface area (Å²) in [5.74, 6) is 1.68. The first kappa shape index (κ1) is 26.8. The van der Waals surface area contributed by atoms with Crippen molar-refractivity contribution in [3.63, 3.8) is 0 Å². The van der Waals surface area contributed by atoms with Crippen LogP contribution in [0.1, 0.15) is 43.2 Å². The van der Waals surface area contributed by atoms with Crippen LogP contribution in [-0.2, 0) is 12.0 Å². The largest absolute Gasteiger partial charge is 0.339 e. The summed E-state index contributed by atoms with van der Waals surface area (Å²) in [6.45, 7) is 4.93. The molecule has 0 aliphatic heterocycles. The molecule has 2 aromatic carbocycles. The summed E-state index contributed by atoms with van der Waals surface area (Å²) in [6.07, 6.45) is 6.01. The zero-order valence-corrected chi connectivity index (χ0v) is 23.8. The van der Waals surface area contributed by atoms with E-state index in [1.54, 1.807) is 5.56 Å². The van der Waals surface area contributed by atoms with E-state index < -0.39 is 0 Å². The molecule has 3 atom stereocenters. The molecule has 2 fully saturated rings. The summed E-state index contributed by atoms with van der Waals surface area (Å²) in [7, 11) is 6.27. The lowest BCUT2D eigenvalue weighted by Gasteiger charge is -2.37. The Morgan fingerprint density at radius 3 is 2.73 bits per heavy atom. The van der Waals surface area contributed by atoms with Gasteiger partial charge in [0.15, 0.2) is 0 Å². The van der Waals surface area contributed by atoms with Gasteiger partial charge in [0.2, 0.25) is 5.95 Å². The maximum Gasteiger partial charge on any atom is 0.204 e. The van der Waals surface area contributed by atoms with Gasteiger partial charge in [-0.15, -0.1) is 0 Å². The third kappa shape index (κ3) is 5.94.